The maximum atomic E-state index is 9.65. The number of nitrogens with one attached hydrogen (secondary N) is 1. The zero-order chi connectivity index (χ0) is 23.7. The predicted molar refractivity (Wildman–Crippen MR) is 131 cm³/mol. The third kappa shape index (κ3) is 3.96. The Balaban J connectivity index is 1.56. The Morgan fingerprint density at radius 3 is 2.50 bits per heavy atom. The molecule has 1 fully saturated rings. The summed E-state index contributed by atoms with van der Waals surface area (Å²) in [6.07, 6.45) is 10.0. The van der Waals surface area contributed by atoms with Gasteiger partial charge in [0.25, 0.3) is 0 Å². The Morgan fingerprint density at radius 1 is 1.00 bits per heavy atom. The Hall–Kier alpha value is -3.59. The molecule has 1 saturated carbocycles. The molecule has 8 heteroatoms. The highest BCUT2D eigenvalue weighted by molar-refractivity contribution is 7.99. The number of benzene rings is 1. The summed E-state index contributed by atoms with van der Waals surface area (Å²) in [4.78, 5) is 1.73. The number of rotatable bonds is 5. The van der Waals surface area contributed by atoms with Gasteiger partial charge in [0.15, 0.2) is 0 Å². The van der Waals surface area contributed by atoms with E-state index >= 15 is 0 Å². The molecule has 3 heterocycles. The van der Waals surface area contributed by atoms with Gasteiger partial charge in [-0.25, -0.2) is 4.52 Å². The molecule has 3 aromatic heterocycles. The highest BCUT2D eigenvalue weighted by atomic mass is 32.2. The lowest BCUT2D eigenvalue weighted by atomic mass is 9.91. The first-order valence-corrected chi connectivity index (χ1v) is 12.2. The molecule has 0 bridgehead atoms. The van der Waals surface area contributed by atoms with Crippen LogP contribution >= 0.6 is 11.8 Å². The van der Waals surface area contributed by atoms with Crippen LogP contribution in [0.25, 0.3) is 16.6 Å². The second-order valence-corrected chi connectivity index (χ2v) is 9.73. The average molecular weight is 468 g/mol. The van der Waals surface area contributed by atoms with Crippen molar-refractivity contribution >= 4 is 17.3 Å². The fourth-order valence-corrected chi connectivity index (χ4v) is 5.93. The summed E-state index contributed by atoms with van der Waals surface area (Å²) in [6.45, 7) is 2.12. The normalized spacial score (nSPS) is 18.0. The SMILES string of the molecule is CN[C@H]1CC[C@@H](n2ncc(-c3cc(Sc4ccccc4C#N)c4c(C#N)cnn4c3)c2C)CC1. The average Bonchev–Trinajstić information content (AvgIpc) is 3.47. The molecule has 0 amide bonds. The zero-order valence-corrected chi connectivity index (χ0v) is 20.0. The minimum Gasteiger partial charge on any atom is -0.317 e. The highest BCUT2D eigenvalue weighted by Crippen LogP contribution is 2.38. The van der Waals surface area contributed by atoms with Gasteiger partial charge in [-0.15, -0.1) is 0 Å². The Labute approximate surface area is 203 Å². The largest absolute Gasteiger partial charge is 0.317 e. The highest BCUT2D eigenvalue weighted by Gasteiger charge is 2.24. The molecule has 5 rings (SSSR count). The smallest absolute Gasteiger partial charge is 0.103 e. The minimum atomic E-state index is 0.410. The predicted octanol–water partition coefficient (Wildman–Crippen LogP) is 5.10. The van der Waals surface area contributed by atoms with Gasteiger partial charge in [0.1, 0.15) is 12.1 Å². The number of fused-ring (bicyclic) bond motifs is 1. The Kier molecular flexibility index (Phi) is 6.10. The van der Waals surface area contributed by atoms with Crippen molar-refractivity contribution in [2.45, 2.75) is 54.5 Å². The quantitative estimate of drug-likeness (QED) is 0.439. The summed E-state index contributed by atoms with van der Waals surface area (Å²) in [6, 6.07) is 15.1. The van der Waals surface area contributed by atoms with Gasteiger partial charge >= 0.3 is 0 Å². The van der Waals surface area contributed by atoms with Gasteiger partial charge in [-0.2, -0.15) is 20.7 Å². The molecule has 1 aliphatic carbocycles. The number of nitrogens with zero attached hydrogens (tertiary/aromatic N) is 6. The van der Waals surface area contributed by atoms with Gasteiger partial charge < -0.3 is 5.32 Å². The molecule has 1 N–H and O–H groups in total. The first-order chi connectivity index (χ1) is 16.6. The lowest BCUT2D eigenvalue weighted by molar-refractivity contribution is 0.281. The van der Waals surface area contributed by atoms with Crippen LogP contribution < -0.4 is 5.32 Å². The number of nitriles is 2. The van der Waals surface area contributed by atoms with E-state index in [1.54, 1.807) is 10.7 Å². The van der Waals surface area contributed by atoms with Crippen molar-refractivity contribution in [3.8, 4) is 23.3 Å². The zero-order valence-electron chi connectivity index (χ0n) is 19.2. The summed E-state index contributed by atoms with van der Waals surface area (Å²) in [5.74, 6) is 0. The van der Waals surface area contributed by atoms with E-state index in [0.29, 0.717) is 23.2 Å². The van der Waals surface area contributed by atoms with Crippen LogP contribution in [0.3, 0.4) is 0 Å². The van der Waals surface area contributed by atoms with Gasteiger partial charge in [-0.1, -0.05) is 23.9 Å². The van der Waals surface area contributed by atoms with Crippen molar-refractivity contribution in [1.82, 2.24) is 24.7 Å². The fraction of sp³-hybridized carbons (Fsp3) is 0.308. The van der Waals surface area contributed by atoms with E-state index in [9.17, 15) is 10.5 Å². The molecule has 0 saturated heterocycles. The lowest BCUT2D eigenvalue weighted by Crippen LogP contribution is -2.31. The third-order valence-electron chi connectivity index (χ3n) is 6.73. The van der Waals surface area contributed by atoms with Crippen LogP contribution in [0.5, 0.6) is 0 Å². The molecule has 1 aromatic carbocycles. The number of hydrogen-bond donors (Lipinski definition) is 1. The molecule has 0 aliphatic heterocycles. The van der Waals surface area contributed by atoms with Crippen LogP contribution in [0.1, 0.15) is 48.5 Å². The van der Waals surface area contributed by atoms with E-state index in [1.165, 1.54) is 11.8 Å². The molecule has 4 aromatic rings. The summed E-state index contributed by atoms with van der Waals surface area (Å²) in [7, 11) is 2.04. The molecule has 34 heavy (non-hydrogen) atoms. The van der Waals surface area contributed by atoms with E-state index in [0.717, 1.165) is 57.8 Å². The molecule has 0 radical (unpaired) electrons. The molecular weight excluding hydrogens is 442 g/mol. The van der Waals surface area contributed by atoms with Crippen molar-refractivity contribution in [1.29, 1.82) is 10.5 Å². The standard InChI is InChI=1S/C26H25N7S/c1-17-23(15-31-33(17)22-9-7-21(29-2)8-10-22)19-11-25(26-20(13-28)14-30-32(26)16-19)34-24-6-4-3-5-18(24)12-27/h3-6,11,14-16,21-22,29H,7-10H2,1-2H3/t21-,22+. The van der Waals surface area contributed by atoms with Crippen molar-refractivity contribution in [3.05, 3.63) is 65.7 Å². The first kappa shape index (κ1) is 22.2. The van der Waals surface area contributed by atoms with E-state index in [1.807, 2.05) is 43.7 Å². The molecule has 0 unspecified atom stereocenters. The van der Waals surface area contributed by atoms with Crippen molar-refractivity contribution in [2.75, 3.05) is 7.05 Å². The summed E-state index contributed by atoms with van der Waals surface area (Å²) < 4.78 is 3.94. The molecule has 7 nitrogen and oxygen atoms in total. The van der Waals surface area contributed by atoms with Crippen LogP contribution in [0.15, 0.2) is 58.7 Å². The molecule has 0 spiro atoms. The summed E-state index contributed by atoms with van der Waals surface area (Å²) in [5, 5.41) is 31.8. The van der Waals surface area contributed by atoms with Crippen LogP contribution in [-0.4, -0.2) is 32.5 Å². The van der Waals surface area contributed by atoms with Gasteiger partial charge in [0.05, 0.1) is 35.1 Å². The van der Waals surface area contributed by atoms with Crippen LogP contribution in [0, 0.1) is 29.6 Å². The Morgan fingerprint density at radius 2 is 1.76 bits per heavy atom. The maximum Gasteiger partial charge on any atom is 0.103 e. The van der Waals surface area contributed by atoms with Crippen molar-refractivity contribution < 1.29 is 0 Å². The second kappa shape index (κ2) is 9.34. The monoisotopic (exact) mass is 467 g/mol. The number of hydrogen-bond acceptors (Lipinski definition) is 6. The van der Waals surface area contributed by atoms with Crippen molar-refractivity contribution in [2.24, 2.45) is 0 Å². The van der Waals surface area contributed by atoms with Gasteiger partial charge in [-0.05, 0) is 57.9 Å². The minimum absolute atomic E-state index is 0.410. The van der Waals surface area contributed by atoms with E-state index in [-0.39, 0.29) is 0 Å². The number of aromatic nitrogens is 4. The third-order valence-corrected chi connectivity index (χ3v) is 7.84. The summed E-state index contributed by atoms with van der Waals surface area (Å²) >= 11 is 1.49. The van der Waals surface area contributed by atoms with Gasteiger partial charge in [0, 0.05) is 38.9 Å². The topological polar surface area (TPSA) is 94.7 Å². The molecule has 170 valence electrons. The van der Waals surface area contributed by atoms with Gasteiger partial charge in [-0.3, -0.25) is 4.68 Å². The molecule has 1 aliphatic rings. The van der Waals surface area contributed by atoms with Gasteiger partial charge in [0.2, 0.25) is 0 Å². The molecule has 0 atom stereocenters. The first-order valence-electron chi connectivity index (χ1n) is 11.4. The van der Waals surface area contributed by atoms with Crippen LogP contribution in [-0.2, 0) is 0 Å². The van der Waals surface area contributed by atoms with Crippen molar-refractivity contribution in [3.63, 3.8) is 0 Å². The number of pyridine rings is 1. The van der Waals surface area contributed by atoms with E-state index < -0.39 is 0 Å². The second-order valence-electron chi connectivity index (χ2n) is 8.65. The summed E-state index contributed by atoms with van der Waals surface area (Å²) in [5.41, 5.74) is 5.05. The molecular formula is C26H25N7S. The Bertz CT molecular complexity index is 1430. The van der Waals surface area contributed by atoms with E-state index in [2.05, 4.69) is 40.2 Å². The maximum absolute atomic E-state index is 9.65. The fourth-order valence-electron chi connectivity index (χ4n) is 4.84. The van der Waals surface area contributed by atoms with Crippen LogP contribution in [0.4, 0.5) is 0 Å². The van der Waals surface area contributed by atoms with Crippen LogP contribution in [0.2, 0.25) is 0 Å². The lowest BCUT2D eigenvalue weighted by Gasteiger charge is -2.29. The van der Waals surface area contributed by atoms with E-state index in [4.69, 9.17) is 5.10 Å².